The van der Waals surface area contributed by atoms with Crippen molar-refractivity contribution in [3.05, 3.63) is 35.9 Å². The van der Waals surface area contributed by atoms with Crippen molar-refractivity contribution < 1.29 is 9.90 Å². The average Bonchev–Trinajstić information content (AvgIpc) is 2.92. The molecule has 1 amide bonds. The molecular formula is C19H28N2O2. The highest BCUT2D eigenvalue weighted by atomic mass is 16.3. The molecule has 0 spiro atoms. The van der Waals surface area contributed by atoms with Gasteiger partial charge in [0.15, 0.2) is 0 Å². The Bertz CT molecular complexity index is 546. The predicted octanol–water partition coefficient (Wildman–Crippen LogP) is 2.42. The monoisotopic (exact) mass is 316 g/mol. The van der Waals surface area contributed by atoms with Crippen molar-refractivity contribution in [1.29, 1.82) is 0 Å². The fourth-order valence-electron chi connectivity index (χ4n) is 4.08. The van der Waals surface area contributed by atoms with Crippen LogP contribution in [0.3, 0.4) is 0 Å². The molecule has 126 valence electrons. The summed E-state index contributed by atoms with van der Waals surface area (Å²) in [6.45, 7) is 4.94. The minimum atomic E-state index is -0.760. The Kier molecular flexibility index (Phi) is 4.47. The van der Waals surface area contributed by atoms with Gasteiger partial charge in [-0.1, -0.05) is 30.3 Å². The highest BCUT2D eigenvalue weighted by molar-refractivity contribution is 5.79. The number of nitrogens with zero attached hydrogens (tertiary/aromatic N) is 1. The maximum absolute atomic E-state index is 12.6. The van der Waals surface area contributed by atoms with Gasteiger partial charge in [-0.05, 0) is 58.1 Å². The summed E-state index contributed by atoms with van der Waals surface area (Å²) in [6, 6.07) is 10.4. The molecule has 1 saturated heterocycles. The number of amides is 1. The molecule has 4 heteroatoms. The van der Waals surface area contributed by atoms with Gasteiger partial charge in [-0.3, -0.25) is 9.69 Å². The van der Waals surface area contributed by atoms with Crippen molar-refractivity contribution in [2.24, 2.45) is 0 Å². The van der Waals surface area contributed by atoms with Gasteiger partial charge in [-0.25, -0.2) is 0 Å². The Morgan fingerprint density at radius 2 is 2.00 bits per heavy atom. The molecule has 1 atom stereocenters. The normalized spacial score (nSPS) is 24.2. The van der Waals surface area contributed by atoms with E-state index in [1.54, 1.807) is 0 Å². The van der Waals surface area contributed by atoms with Gasteiger partial charge >= 0.3 is 0 Å². The SMILES string of the molecule is CC(C)(O)C1CCCN1CC(=O)NC1(c2ccccc2)CCC1. The number of rotatable bonds is 5. The topological polar surface area (TPSA) is 52.6 Å². The minimum absolute atomic E-state index is 0.0716. The first-order valence-corrected chi connectivity index (χ1v) is 8.74. The van der Waals surface area contributed by atoms with Crippen LogP contribution in [-0.2, 0) is 10.3 Å². The number of carbonyl (C=O) groups excluding carboxylic acids is 1. The van der Waals surface area contributed by atoms with Gasteiger partial charge in [-0.2, -0.15) is 0 Å². The molecule has 4 nitrogen and oxygen atoms in total. The lowest BCUT2D eigenvalue weighted by atomic mass is 9.72. The molecule has 1 saturated carbocycles. The van der Waals surface area contributed by atoms with E-state index in [0.717, 1.165) is 38.6 Å². The Hall–Kier alpha value is -1.39. The maximum atomic E-state index is 12.6. The van der Waals surface area contributed by atoms with Crippen molar-refractivity contribution in [3.8, 4) is 0 Å². The summed E-state index contributed by atoms with van der Waals surface area (Å²) in [5.74, 6) is 0.0738. The van der Waals surface area contributed by atoms with Crippen molar-refractivity contribution in [3.63, 3.8) is 0 Å². The zero-order valence-corrected chi connectivity index (χ0v) is 14.2. The van der Waals surface area contributed by atoms with Crippen LogP contribution in [0.15, 0.2) is 30.3 Å². The van der Waals surface area contributed by atoms with E-state index in [-0.39, 0.29) is 17.5 Å². The third kappa shape index (κ3) is 3.43. The molecule has 1 unspecified atom stereocenters. The summed E-state index contributed by atoms with van der Waals surface area (Å²) in [7, 11) is 0. The summed E-state index contributed by atoms with van der Waals surface area (Å²) in [5.41, 5.74) is 0.271. The highest BCUT2D eigenvalue weighted by Gasteiger charge is 2.41. The largest absolute Gasteiger partial charge is 0.389 e. The first-order chi connectivity index (χ1) is 10.9. The van der Waals surface area contributed by atoms with Crippen LogP contribution in [0.25, 0.3) is 0 Å². The van der Waals surface area contributed by atoms with E-state index < -0.39 is 5.60 Å². The summed E-state index contributed by atoms with van der Waals surface area (Å²) in [6.07, 6.45) is 5.19. The van der Waals surface area contributed by atoms with E-state index in [4.69, 9.17) is 0 Å². The fraction of sp³-hybridized carbons (Fsp3) is 0.632. The maximum Gasteiger partial charge on any atom is 0.234 e. The quantitative estimate of drug-likeness (QED) is 0.877. The number of benzene rings is 1. The lowest BCUT2D eigenvalue weighted by Gasteiger charge is -2.44. The van der Waals surface area contributed by atoms with Crippen LogP contribution in [-0.4, -0.2) is 40.6 Å². The molecule has 0 aromatic heterocycles. The van der Waals surface area contributed by atoms with Crippen LogP contribution in [0.1, 0.15) is 51.5 Å². The zero-order valence-electron chi connectivity index (χ0n) is 14.2. The van der Waals surface area contributed by atoms with Crippen molar-refractivity contribution >= 4 is 5.91 Å². The molecule has 0 radical (unpaired) electrons. The summed E-state index contributed by atoms with van der Waals surface area (Å²) < 4.78 is 0. The van der Waals surface area contributed by atoms with Gasteiger partial charge in [0, 0.05) is 6.04 Å². The van der Waals surface area contributed by atoms with Crippen LogP contribution in [0.4, 0.5) is 0 Å². The predicted molar refractivity (Wildman–Crippen MR) is 91.0 cm³/mol. The second kappa shape index (κ2) is 6.25. The minimum Gasteiger partial charge on any atom is -0.389 e. The van der Waals surface area contributed by atoms with Crippen LogP contribution < -0.4 is 5.32 Å². The van der Waals surface area contributed by atoms with E-state index in [9.17, 15) is 9.90 Å². The number of carbonyl (C=O) groups is 1. The van der Waals surface area contributed by atoms with Gasteiger partial charge in [0.25, 0.3) is 0 Å². The van der Waals surface area contributed by atoms with Gasteiger partial charge in [0.1, 0.15) is 0 Å². The van der Waals surface area contributed by atoms with Gasteiger partial charge in [-0.15, -0.1) is 0 Å². The van der Waals surface area contributed by atoms with E-state index in [0.29, 0.717) is 6.54 Å². The number of hydrogen-bond acceptors (Lipinski definition) is 3. The molecule has 2 N–H and O–H groups in total. The number of likely N-dealkylation sites (tertiary alicyclic amines) is 1. The standard InChI is InChI=1S/C19H28N2O2/c1-18(2,23)16-10-6-13-21(16)14-17(22)20-19(11-7-12-19)15-8-4-3-5-9-15/h3-5,8-9,16,23H,6-7,10-14H2,1-2H3,(H,20,22). The molecule has 2 aliphatic rings. The molecule has 1 aliphatic carbocycles. The third-order valence-corrected chi connectivity index (χ3v) is 5.44. The van der Waals surface area contributed by atoms with Crippen molar-refractivity contribution in [1.82, 2.24) is 10.2 Å². The molecule has 1 heterocycles. The van der Waals surface area contributed by atoms with Crippen LogP contribution in [0.2, 0.25) is 0 Å². The Labute approximate surface area is 138 Å². The molecule has 3 rings (SSSR count). The van der Waals surface area contributed by atoms with E-state index in [1.807, 2.05) is 32.0 Å². The first-order valence-electron chi connectivity index (χ1n) is 8.74. The smallest absolute Gasteiger partial charge is 0.234 e. The second-order valence-corrected chi connectivity index (χ2v) is 7.63. The van der Waals surface area contributed by atoms with Crippen molar-refractivity contribution in [2.75, 3.05) is 13.1 Å². The summed E-state index contributed by atoms with van der Waals surface area (Å²) in [5, 5.41) is 13.6. The fourth-order valence-corrected chi connectivity index (χ4v) is 4.08. The van der Waals surface area contributed by atoms with Gasteiger partial charge < -0.3 is 10.4 Å². The Balaban J connectivity index is 1.65. The first kappa shape index (κ1) is 16.5. The van der Waals surface area contributed by atoms with E-state index in [2.05, 4.69) is 22.3 Å². The second-order valence-electron chi connectivity index (χ2n) is 7.63. The zero-order chi connectivity index (χ0) is 16.5. The third-order valence-electron chi connectivity index (χ3n) is 5.44. The van der Waals surface area contributed by atoms with Gasteiger partial charge in [0.05, 0.1) is 17.7 Å². The highest BCUT2D eigenvalue weighted by Crippen LogP contribution is 2.41. The molecule has 1 aromatic carbocycles. The van der Waals surface area contributed by atoms with Crippen LogP contribution in [0.5, 0.6) is 0 Å². The molecule has 2 fully saturated rings. The van der Waals surface area contributed by atoms with Crippen LogP contribution in [0, 0.1) is 0 Å². The molecule has 1 aromatic rings. The van der Waals surface area contributed by atoms with Crippen LogP contribution >= 0.6 is 0 Å². The lowest BCUT2D eigenvalue weighted by Crippen LogP contribution is -2.55. The Morgan fingerprint density at radius 1 is 1.30 bits per heavy atom. The number of aliphatic hydroxyl groups is 1. The van der Waals surface area contributed by atoms with Crippen molar-refractivity contribution in [2.45, 2.75) is 63.1 Å². The summed E-state index contributed by atoms with van der Waals surface area (Å²) in [4.78, 5) is 14.8. The number of hydrogen-bond donors (Lipinski definition) is 2. The molecule has 0 bridgehead atoms. The number of nitrogens with one attached hydrogen (secondary N) is 1. The average molecular weight is 316 g/mol. The molecular weight excluding hydrogens is 288 g/mol. The summed E-state index contributed by atoms with van der Waals surface area (Å²) >= 11 is 0. The lowest BCUT2D eigenvalue weighted by molar-refractivity contribution is -0.126. The van der Waals surface area contributed by atoms with E-state index >= 15 is 0 Å². The molecule has 1 aliphatic heterocycles. The Morgan fingerprint density at radius 3 is 2.57 bits per heavy atom. The van der Waals surface area contributed by atoms with Gasteiger partial charge in [0.2, 0.25) is 5.91 Å². The molecule has 23 heavy (non-hydrogen) atoms. The van der Waals surface area contributed by atoms with E-state index in [1.165, 1.54) is 5.56 Å².